The summed E-state index contributed by atoms with van der Waals surface area (Å²) in [7, 11) is 7.70. The SMILES string of the molecule is Cc1c(CN(C)C)[nH]c(=O)c(O)c1CN(C)C. The molecule has 17 heavy (non-hydrogen) atoms. The van der Waals surface area contributed by atoms with Gasteiger partial charge in [-0.15, -0.1) is 0 Å². The van der Waals surface area contributed by atoms with E-state index in [-0.39, 0.29) is 5.75 Å². The molecule has 2 N–H and O–H groups in total. The van der Waals surface area contributed by atoms with Gasteiger partial charge in [0.25, 0.3) is 5.56 Å². The molecule has 0 aromatic carbocycles. The highest BCUT2D eigenvalue weighted by molar-refractivity contribution is 5.39. The van der Waals surface area contributed by atoms with Crippen molar-refractivity contribution in [2.24, 2.45) is 0 Å². The Hall–Kier alpha value is -1.33. The maximum Gasteiger partial charge on any atom is 0.290 e. The first-order valence-electron chi connectivity index (χ1n) is 5.56. The first kappa shape index (κ1) is 13.7. The Morgan fingerprint density at radius 2 is 1.65 bits per heavy atom. The van der Waals surface area contributed by atoms with Crippen LogP contribution in [0.2, 0.25) is 0 Å². The van der Waals surface area contributed by atoms with Crippen molar-refractivity contribution in [2.45, 2.75) is 20.0 Å². The summed E-state index contributed by atoms with van der Waals surface area (Å²) in [6, 6.07) is 0. The number of aromatic amines is 1. The Morgan fingerprint density at radius 1 is 1.12 bits per heavy atom. The molecule has 0 aliphatic heterocycles. The van der Waals surface area contributed by atoms with Crippen molar-refractivity contribution in [1.29, 1.82) is 0 Å². The fourth-order valence-corrected chi connectivity index (χ4v) is 1.77. The average Bonchev–Trinajstić information content (AvgIpc) is 2.20. The van der Waals surface area contributed by atoms with Gasteiger partial charge in [0.15, 0.2) is 5.75 Å². The number of nitrogens with one attached hydrogen (secondary N) is 1. The Kier molecular flexibility index (Phi) is 4.31. The predicted octanol–water partition coefficient (Wildman–Crippen LogP) is 0.512. The number of aromatic nitrogens is 1. The molecule has 0 bridgehead atoms. The summed E-state index contributed by atoms with van der Waals surface area (Å²) >= 11 is 0. The second-order valence-corrected chi connectivity index (χ2v) is 4.86. The smallest absolute Gasteiger partial charge is 0.290 e. The molecular weight excluding hydrogens is 218 g/mol. The molecule has 1 rings (SSSR count). The number of aromatic hydroxyl groups is 1. The lowest BCUT2D eigenvalue weighted by molar-refractivity contribution is 0.374. The summed E-state index contributed by atoms with van der Waals surface area (Å²) in [5.41, 5.74) is 2.10. The van der Waals surface area contributed by atoms with E-state index < -0.39 is 5.56 Å². The van der Waals surface area contributed by atoms with Gasteiger partial charge < -0.3 is 19.9 Å². The zero-order valence-corrected chi connectivity index (χ0v) is 11.2. The number of hydrogen-bond acceptors (Lipinski definition) is 4. The number of hydrogen-bond donors (Lipinski definition) is 2. The van der Waals surface area contributed by atoms with Crippen LogP contribution < -0.4 is 5.56 Å². The van der Waals surface area contributed by atoms with Crippen molar-refractivity contribution >= 4 is 0 Å². The van der Waals surface area contributed by atoms with Gasteiger partial charge in [0.2, 0.25) is 0 Å². The Balaban J connectivity index is 3.27. The largest absolute Gasteiger partial charge is 0.503 e. The van der Waals surface area contributed by atoms with Gasteiger partial charge in [0, 0.05) is 24.3 Å². The summed E-state index contributed by atoms with van der Waals surface area (Å²) in [5, 5.41) is 9.80. The third-order valence-corrected chi connectivity index (χ3v) is 2.62. The minimum atomic E-state index is -0.413. The third kappa shape index (κ3) is 3.31. The maximum atomic E-state index is 11.6. The van der Waals surface area contributed by atoms with Crippen LogP contribution in [-0.2, 0) is 13.1 Å². The molecule has 5 nitrogen and oxygen atoms in total. The molecule has 0 saturated heterocycles. The monoisotopic (exact) mass is 239 g/mol. The quantitative estimate of drug-likeness (QED) is 0.804. The van der Waals surface area contributed by atoms with Crippen LogP contribution in [0.1, 0.15) is 16.8 Å². The molecular formula is C12H21N3O2. The zero-order valence-electron chi connectivity index (χ0n) is 11.2. The van der Waals surface area contributed by atoms with Crippen LogP contribution in [0.4, 0.5) is 0 Å². The molecule has 0 aliphatic rings. The number of nitrogens with zero attached hydrogens (tertiary/aromatic N) is 2. The predicted molar refractivity (Wildman–Crippen MR) is 68.2 cm³/mol. The van der Waals surface area contributed by atoms with E-state index in [1.54, 1.807) is 0 Å². The van der Waals surface area contributed by atoms with Gasteiger partial charge in [0.05, 0.1) is 0 Å². The molecule has 1 aromatic rings. The van der Waals surface area contributed by atoms with Gasteiger partial charge in [0.1, 0.15) is 0 Å². The third-order valence-electron chi connectivity index (χ3n) is 2.62. The molecule has 0 saturated carbocycles. The molecule has 5 heteroatoms. The summed E-state index contributed by atoms with van der Waals surface area (Å²) in [5.74, 6) is -0.168. The second kappa shape index (κ2) is 5.33. The highest BCUT2D eigenvalue weighted by Crippen LogP contribution is 2.20. The van der Waals surface area contributed by atoms with E-state index in [0.717, 1.165) is 11.3 Å². The molecule has 0 aliphatic carbocycles. The average molecular weight is 239 g/mol. The highest BCUT2D eigenvalue weighted by atomic mass is 16.3. The molecule has 0 unspecified atom stereocenters. The summed E-state index contributed by atoms with van der Waals surface area (Å²) in [6.45, 7) is 3.14. The Bertz CT molecular complexity index is 450. The van der Waals surface area contributed by atoms with Crippen LogP contribution in [0.5, 0.6) is 5.75 Å². The minimum absolute atomic E-state index is 0.168. The van der Waals surface area contributed by atoms with Crippen molar-refractivity contribution in [3.05, 3.63) is 27.2 Å². The molecule has 0 spiro atoms. The summed E-state index contributed by atoms with van der Waals surface area (Å²) in [4.78, 5) is 18.3. The lowest BCUT2D eigenvalue weighted by Gasteiger charge is -2.18. The van der Waals surface area contributed by atoms with Crippen LogP contribution in [-0.4, -0.2) is 48.1 Å². The number of rotatable bonds is 4. The van der Waals surface area contributed by atoms with E-state index in [1.807, 2.05) is 44.9 Å². The van der Waals surface area contributed by atoms with Crippen molar-refractivity contribution in [1.82, 2.24) is 14.8 Å². The summed E-state index contributed by atoms with van der Waals surface area (Å²) < 4.78 is 0. The summed E-state index contributed by atoms with van der Waals surface area (Å²) in [6.07, 6.45) is 0. The van der Waals surface area contributed by atoms with E-state index in [0.29, 0.717) is 18.7 Å². The normalized spacial score (nSPS) is 11.5. The van der Waals surface area contributed by atoms with E-state index in [9.17, 15) is 9.90 Å². The van der Waals surface area contributed by atoms with Gasteiger partial charge >= 0.3 is 0 Å². The van der Waals surface area contributed by atoms with E-state index in [2.05, 4.69) is 4.98 Å². The molecule has 0 amide bonds. The zero-order chi connectivity index (χ0) is 13.2. The maximum absolute atomic E-state index is 11.6. The Labute approximate surface area is 102 Å². The lowest BCUT2D eigenvalue weighted by atomic mass is 10.1. The van der Waals surface area contributed by atoms with Gasteiger partial charge in [-0.1, -0.05) is 0 Å². The number of H-pyrrole nitrogens is 1. The molecule has 0 fully saturated rings. The standard InChI is InChI=1S/C12H21N3O2/c1-8-9(6-14(2)3)11(16)12(17)13-10(8)7-15(4)5/h16H,6-7H2,1-5H3,(H,13,17). The highest BCUT2D eigenvalue weighted by Gasteiger charge is 2.14. The van der Waals surface area contributed by atoms with Crippen LogP contribution in [0.15, 0.2) is 4.79 Å². The van der Waals surface area contributed by atoms with E-state index >= 15 is 0 Å². The number of pyridine rings is 1. The van der Waals surface area contributed by atoms with Crippen molar-refractivity contribution in [3.63, 3.8) is 0 Å². The van der Waals surface area contributed by atoms with E-state index in [4.69, 9.17) is 0 Å². The first-order chi connectivity index (χ1) is 7.82. The first-order valence-corrected chi connectivity index (χ1v) is 5.56. The molecule has 1 aromatic heterocycles. The van der Waals surface area contributed by atoms with E-state index in [1.165, 1.54) is 0 Å². The van der Waals surface area contributed by atoms with Crippen molar-refractivity contribution in [3.8, 4) is 5.75 Å². The lowest BCUT2D eigenvalue weighted by Crippen LogP contribution is -2.22. The fourth-order valence-electron chi connectivity index (χ4n) is 1.77. The van der Waals surface area contributed by atoms with Gasteiger partial charge in [-0.2, -0.15) is 0 Å². The van der Waals surface area contributed by atoms with Crippen molar-refractivity contribution < 1.29 is 5.11 Å². The van der Waals surface area contributed by atoms with Crippen molar-refractivity contribution in [2.75, 3.05) is 28.2 Å². The van der Waals surface area contributed by atoms with Gasteiger partial charge in [-0.3, -0.25) is 4.79 Å². The second-order valence-electron chi connectivity index (χ2n) is 4.86. The topological polar surface area (TPSA) is 59.6 Å². The molecule has 0 radical (unpaired) electrons. The fraction of sp³-hybridized carbons (Fsp3) is 0.583. The van der Waals surface area contributed by atoms with Crippen LogP contribution in [0.25, 0.3) is 0 Å². The molecule has 0 atom stereocenters. The minimum Gasteiger partial charge on any atom is -0.503 e. The van der Waals surface area contributed by atoms with Crippen LogP contribution in [0, 0.1) is 6.92 Å². The van der Waals surface area contributed by atoms with Gasteiger partial charge in [-0.05, 0) is 40.7 Å². The van der Waals surface area contributed by atoms with Gasteiger partial charge in [-0.25, -0.2) is 0 Å². The molecule has 1 heterocycles. The Morgan fingerprint density at radius 3 is 2.12 bits per heavy atom. The molecule has 96 valence electrons. The van der Waals surface area contributed by atoms with Crippen LogP contribution >= 0.6 is 0 Å². The van der Waals surface area contributed by atoms with Crippen LogP contribution in [0.3, 0.4) is 0 Å².